The second-order valence-electron chi connectivity index (χ2n) is 5.90. The number of para-hydroxylation sites is 2. The summed E-state index contributed by atoms with van der Waals surface area (Å²) in [6.45, 7) is 7.61. The lowest BCUT2D eigenvalue weighted by molar-refractivity contribution is -0.122. The van der Waals surface area contributed by atoms with Gasteiger partial charge in [-0.15, -0.1) is 11.3 Å². The van der Waals surface area contributed by atoms with Crippen LogP contribution in [0.15, 0.2) is 29.6 Å². The van der Waals surface area contributed by atoms with E-state index < -0.39 is 0 Å². The SMILES string of the molecule is CCNC(=O)CN(CC)Cc1csc(N(C(C)=O)c2ccccc2OC)n1. The number of hydrogen-bond acceptors (Lipinski definition) is 6. The Morgan fingerprint density at radius 2 is 2.00 bits per heavy atom. The maximum absolute atomic E-state index is 12.3. The van der Waals surface area contributed by atoms with E-state index in [9.17, 15) is 9.59 Å². The molecule has 1 aromatic carbocycles. The number of likely N-dealkylation sites (N-methyl/N-ethyl adjacent to an activating group) is 2. The molecule has 0 aliphatic heterocycles. The summed E-state index contributed by atoms with van der Waals surface area (Å²) >= 11 is 1.39. The van der Waals surface area contributed by atoms with Crippen LogP contribution in [0.2, 0.25) is 0 Å². The van der Waals surface area contributed by atoms with Gasteiger partial charge in [-0.1, -0.05) is 19.1 Å². The lowest BCUT2D eigenvalue weighted by atomic mass is 10.2. The molecule has 2 aromatic rings. The largest absolute Gasteiger partial charge is 0.495 e. The maximum Gasteiger partial charge on any atom is 0.234 e. The normalized spacial score (nSPS) is 10.7. The molecule has 0 bridgehead atoms. The fourth-order valence-electron chi connectivity index (χ4n) is 2.66. The number of carbonyl (C=O) groups excluding carboxylic acids is 2. The first-order chi connectivity index (χ1) is 13.0. The standard InChI is InChI=1S/C19H26N4O3S/c1-5-20-18(25)12-22(6-2)11-15-13-27-19(21-15)23(14(3)24)16-9-7-8-10-17(16)26-4/h7-10,13H,5-6,11-12H2,1-4H3,(H,20,25). The summed E-state index contributed by atoms with van der Waals surface area (Å²) in [5, 5.41) is 5.30. The van der Waals surface area contributed by atoms with Gasteiger partial charge in [0.2, 0.25) is 11.8 Å². The van der Waals surface area contributed by atoms with Crippen LogP contribution in [-0.2, 0) is 16.1 Å². The number of nitrogens with one attached hydrogen (secondary N) is 1. The van der Waals surface area contributed by atoms with Crippen LogP contribution >= 0.6 is 11.3 Å². The Morgan fingerprint density at radius 3 is 2.63 bits per heavy atom. The highest BCUT2D eigenvalue weighted by Crippen LogP contribution is 2.35. The highest BCUT2D eigenvalue weighted by atomic mass is 32.1. The van der Waals surface area contributed by atoms with Crippen LogP contribution in [0.5, 0.6) is 5.75 Å². The van der Waals surface area contributed by atoms with Gasteiger partial charge in [-0.3, -0.25) is 19.4 Å². The second kappa shape index (κ2) is 10.0. The lowest BCUT2D eigenvalue weighted by Crippen LogP contribution is -2.36. The van der Waals surface area contributed by atoms with E-state index >= 15 is 0 Å². The summed E-state index contributed by atoms with van der Waals surface area (Å²) in [4.78, 5) is 32.3. The molecule has 7 nitrogen and oxygen atoms in total. The number of anilines is 2. The van der Waals surface area contributed by atoms with Crippen molar-refractivity contribution in [3.63, 3.8) is 0 Å². The zero-order chi connectivity index (χ0) is 19.8. The van der Waals surface area contributed by atoms with Crippen LogP contribution in [0.4, 0.5) is 10.8 Å². The van der Waals surface area contributed by atoms with E-state index in [1.165, 1.54) is 18.3 Å². The van der Waals surface area contributed by atoms with Crippen molar-refractivity contribution < 1.29 is 14.3 Å². The number of rotatable bonds is 9. The van der Waals surface area contributed by atoms with E-state index in [2.05, 4.69) is 10.3 Å². The zero-order valence-corrected chi connectivity index (χ0v) is 17.0. The molecule has 146 valence electrons. The molecular formula is C19H26N4O3S. The Kier molecular flexibility index (Phi) is 7.75. The fraction of sp³-hybridized carbons (Fsp3) is 0.421. The average Bonchev–Trinajstić information content (AvgIpc) is 3.09. The smallest absolute Gasteiger partial charge is 0.234 e. The summed E-state index contributed by atoms with van der Waals surface area (Å²) in [6, 6.07) is 7.35. The predicted molar refractivity (Wildman–Crippen MR) is 108 cm³/mol. The molecule has 1 aromatic heterocycles. The van der Waals surface area contributed by atoms with Crippen molar-refractivity contribution in [3.8, 4) is 5.75 Å². The van der Waals surface area contributed by atoms with Crippen molar-refractivity contribution in [2.24, 2.45) is 0 Å². The molecule has 0 spiro atoms. The summed E-state index contributed by atoms with van der Waals surface area (Å²) in [7, 11) is 1.57. The minimum Gasteiger partial charge on any atom is -0.495 e. The van der Waals surface area contributed by atoms with Crippen LogP contribution in [0.25, 0.3) is 0 Å². The van der Waals surface area contributed by atoms with E-state index in [4.69, 9.17) is 4.74 Å². The number of benzene rings is 1. The lowest BCUT2D eigenvalue weighted by Gasteiger charge is -2.21. The second-order valence-corrected chi connectivity index (χ2v) is 6.74. The Labute approximate surface area is 164 Å². The predicted octanol–water partition coefficient (Wildman–Crippen LogP) is 2.79. The van der Waals surface area contributed by atoms with Crippen molar-refractivity contribution in [3.05, 3.63) is 35.3 Å². The van der Waals surface area contributed by atoms with E-state index in [0.29, 0.717) is 36.2 Å². The first-order valence-electron chi connectivity index (χ1n) is 8.87. The van der Waals surface area contributed by atoms with Gasteiger partial charge in [0.15, 0.2) is 5.13 Å². The van der Waals surface area contributed by atoms with Crippen molar-refractivity contribution in [1.29, 1.82) is 0 Å². The Morgan fingerprint density at radius 1 is 1.26 bits per heavy atom. The number of carbonyl (C=O) groups is 2. The molecule has 8 heteroatoms. The van der Waals surface area contributed by atoms with Gasteiger partial charge in [-0.05, 0) is 25.6 Å². The molecule has 0 aliphatic rings. The van der Waals surface area contributed by atoms with E-state index in [1.807, 2.05) is 48.4 Å². The van der Waals surface area contributed by atoms with Gasteiger partial charge in [0.1, 0.15) is 5.75 Å². The van der Waals surface area contributed by atoms with Gasteiger partial charge in [-0.2, -0.15) is 0 Å². The number of methoxy groups -OCH3 is 1. The first-order valence-corrected chi connectivity index (χ1v) is 9.75. The molecule has 1 heterocycles. The van der Waals surface area contributed by atoms with E-state index in [1.54, 1.807) is 12.0 Å². The monoisotopic (exact) mass is 390 g/mol. The summed E-state index contributed by atoms with van der Waals surface area (Å²) in [5.74, 6) is 0.458. The summed E-state index contributed by atoms with van der Waals surface area (Å²) < 4.78 is 5.38. The quantitative estimate of drug-likeness (QED) is 0.713. The molecule has 0 atom stereocenters. The van der Waals surface area contributed by atoms with Crippen molar-refractivity contribution in [2.45, 2.75) is 27.3 Å². The molecular weight excluding hydrogens is 364 g/mol. The molecule has 0 fully saturated rings. The number of amides is 2. The van der Waals surface area contributed by atoms with Crippen molar-refractivity contribution in [1.82, 2.24) is 15.2 Å². The molecule has 2 amide bonds. The van der Waals surface area contributed by atoms with Gasteiger partial charge >= 0.3 is 0 Å². The molecule has 0 radical (unpaired) electrons. The van der Waals surface area contributed by atoms with Gasteiger partial charge in [-0.25, -0.2) is 4.98 Å². The number of ether oxygens (including phenoxy) is 1. The van der Waals surface area contributed by atoms with Crippen molar-refractivity contribution >= 4 is 34.0 Å². The molecule has 2 rings (SSSR count). The van der Waals surface area contributed by atoms with Crippen LogP contribution in [-0.4, -0.2) is 48.4 Å². The zero-order valence-electron chi connectivity index (χ0n) is 16.2. The highest BCUT2D eigenvalue weighted by molar-refractivity contribution is 7.14. The molecule has 0 aliphatic carbocycles. The third-order valence-electron chi connectivity index (χ3n) is 3.95. The minimum atomic E-state index is -0.143. The topological polar surface area (TPSA) is 74.8 Å². The van der Waals surface area contributed by atoms with Gasteiger partial charge in [0, 0.05) is 25.4 Å². The highest BCUT2D eigenvalue weighted by Gasteiger charge is 2.21. The van der Waals surface area contributed by atoms with Crippen LogP contribution in [0, 0.1) is 0 Å². The average molecular weight is 391 g/mol. The Hall–Kier alpha value is -2.45. The van der Waals surface area contributed by atoms with Crippen LogP contribution in [0.3, 0.4) is 0 Å². The Bertz CT molecular complexity index is 778. The minimum absolute atomic E-state index is 0.00538. The van der Waals surface area contributed by atoms with Crippen LogP contribution in [0.1, 0.15) is 26.5 Å². The molecule has 0 saturated carbocycles. The van der Waals surface area contributed by atoms with Gasteiger partial charge < -0.3 is 10.1 Å². The number of nitrogens with zero attached hydrogens (tertiary/aromatic N) is 3. The molecule has 27 heavy (non-hydrogen) atoms. The van der Waals surface area contributed by atoms with E-state index in [0.717, 1.165) is 12.2 Å². The number of aromatic nitrogens is 1. The molecule has 0 unspecified atom stereocenters. The summed E-state index contributed by atoms with van der Waals surface area (Å²) in [6.07, 6.45) is 0. The molecule has 0 saturated heterocycles. The third kappa shape index (κ3) is 5.51. The Balaban J connectivity index is 2.20. The fourth-order valence-corrected chi connectivity index (χ4v) is 3.53. The van der Waals surface area contributed by atoms with Gasteiger partial charge in [0.05, 0.1) is 25.0 Å². The number of hydrogen-bond donors (Lipinski definition) is 1. The third-order valence-corrected chi connectivity index (χ3v) is 4.82. The van der Waals surface area contributed by atoms with Crippen molar-refractivity contribution in [2.75, 3.05) is 31.6 Å². The molecule has 1 N–H and O–H groups in total. The maximum atomic E-state index is 12.3. The van der Waals surface area contributed by atoms with Crippen LogP contribution < -0.4 is 15.0 Å². The first kappa shape index (κ1) is 20.9. The van der Waals surface area contributed by atoms with Gasteiger partial charge in [0.25, 0.3) is 0 Å². The summed E-state index contributed by atoms with van der Waals surface area (Å²) in [5.41, 5.74) is 1.48. The number of thiazole rings is 1. The van der Waals surface area contributed by atoms with E-state index in [-0.39, 0.29) is 11.8 Å².